The number of hydrogen-bond donors (Lipinski definition) is 1. The highest BCUT2D eigenvalue weighted by Crippen LogP contribution is 2.28. The first-order chi connectivity index (χ1) is 8.33. The molecule has 1 unspecified atom stereocenters. The van der Waals surface area contributed by atoms with Gasteiger partial charge in [0.05, 0.1) is 23.6 Å². The van der Waals surface area contributed by atoms with E-state index >= 15 is 0 Å². The van der Waals surface area contributed by atoms with E-state index in [1.165, 1.54) is 18.7 Å². The van der Waals surface area contributed by atoms with Crippen LogP contribution in [-0.2, 0) is 0 Å². The average molecular weight is 249 g/mol. The SMILES string of the molecule is Fc1ccc(-c2nc(C3CCCN3)cs2)nc1. The van der Waals surface area contributed by atoms with Crippen LogP contribution in [0.4, 0.5) is 4.39 Å². The van der Waals surface area contributed by atoms with Gasteiger partial charge in [-0.25, -0.2) is 9.37 Å². The summed E-state index contributed by atoms with van der Waals surface area (Å²) in [6, 6.07) is 3.46. The molecular formula is C12H12FN3S. The zero-order chi connectivity index (χ0) is 11.7. The summed E-state index contributed by atoms with van der Waals surface area (Å²) in [5.41, 5.74) is 1.81. The van der Waals surface area contributed by atoms with Crippen molar-refractivity contribution in [3.8, 4) is 10.7 Å². The van der Waals surface area contributed by atoms with E-state index in [1.807, 2.05) is 0 Å². The first kappa shape index (κ1) is 10.8. The number of nitrogens with zero attached hydrogens (tertiary/aromatic N) is 2. The molecule has 0 aromatic carbocycles. The highest BCUT2D eigenvalue weighted by molar-refractivity contribution is 7.13. The highest BCUT2D eigenvalue weighted by atomic mass is 32.1. The van der Waals surface area contributed by atoms with Crippen LogP contribution < -0.4 is 5.32 Å². The molecule has 1 saturated heterocycles. The maximum absolute atomic E-state index is 12.8. The second kappa shape index (κ2) is 4.50. The van der Waals surface area contributed by atoms with Crippen molar-refractivity contribution >= 4 is 11.3 Å². The Labute approximate surface area is 103 Å². The fourth-order valence-corrected chi connectivity index (χ4v) is 2.85. The first-order valence-corrected chi connectivity index (χ1v) is 6.51. The van der Waals surface area contributed by atoms with Crippen LogP contribution in [0.5, 0.6) is 0 Å². The van der Waals surface area contributed by atoms with Gasteiger partial charge in [0, 0.05) is 5.38 Å². The fourth-order valence-electron chi connectivity index (χ4n) is 2.00. The lowest BCUT2D eigenvalue weighted by molar-refractivity contribution is 0.621. The average Bonchev–Trinajstić information content (AvgIpc) is 3.00. The number of halogens is 1. The van der Waals surface area contributed by atoms with E-state index < -0.39 is 0 Å². The van der Waals surface area contributed by atoms with Gasteiger partial charge in [-0.3, -0.25) is 4.98 Å². The van der Waals surface area contributed by atoms with E-state index in [-0.39, 0.29) is 5.82 Å². The molecule has 2 aromatic heterocycles. The largest absolute Gasteiger partial charge is 0.309 e. The van der Waals surface area contributed by atoms with Gasteiger partial charge in [-0.15, -0.1) is 11.3 Å². The van der Waals surface area contributed by atoms with Gasteiger partial charge in [-0.05, 0) is 31.5 Å². The predicted octanol–water partition coefficient (Wildman–Crippen LogP) is 2.77. The summed E-state index contributed by atoms with van der Waals surface area (Å²) >= 11 is 1.56. The molecule has 2 aromatic rings. The molecule has 0 aliphatic carbocycles. The zero-order valence-corrected chi connectivity index (χ0v) is 10.0. The fraction of sp³-hybridized carbons (Fsp3) is 0.333. The minimum atomic E-state index is -0.317. The van der Waals surface area contributed by atoms with Crippen molar-refractivity contribution in [2.24, 2.45) is 0 Å². The van der Waals surface area contributed by atoms with Crippen molar-refractivity contribution in [2.45, 2.75) is 18.9 Å². The minimum absolute atomic E-state index is 0.317. The van der Waals surface area contributed by atoms with Crippen molar-refractivity contribution in [1.29, 1.82) is 0 Å². The summed E-state index contributed by atoms with van der Waals surface area (Å²) in [5, 5.41) is 6.32. The predicted molar refractivity (Wildman–Crippen MR) is 65.3 cm³/mol. The summed E-state index contributed by atoms with van der Waals surface area (Å²) < 4.78 is 12.8. The van der Waals surface area contributed by atoms with E-state index in [1.54, 1.807) is 17.4 Å². The summed E-state index contributed by atoms with van der Waals surface area (Å²) in [6.07, 6.45) is 3.57. The van der Waals surface area contributed by atoms with E-state index in [0.717, 1.165) is 29.4 Å². The van der Waals surface area contributed by atoms with Gasteiger partial charge in [0.25, 0.3) is 0 Å². The number of hydrogen-bond acceptors (Lipinski definition) is 4. The molecule has 17 heavy (non-hydrogen) atoms. The minimum Gasteiger partial charge on any atom is -0.309 e. The molecular weight excluding hydrogens is 237 g/mol. The van der Waals surface area contributed by atoms with Gasteiger partial charge in [0.1, 0.15) is 10.8 Å². The Morgan fingerprint density at radius 3 is 3.06 bits per heavy atom. The standard InChI is InChI=1S/C12H12FN3S/c13-8-3-4-10(15-6-8)12-16-11(7-17-12)9-2-1-5-14-9/h3-4,6-7,9,14H,1-2,5H2. The number of aromatic nitrogens is 2. The lowest BCUT2D eigenvalue weighted by Crippen LogP contribution is -2.12. The molecule has 0 amide bonds. The molecule has 1 N–H and O–H groups in total. The number of pyridine rings is 1. The number of thiazole rings is 1. The van der Waals surface area contributed by atoms with Gasteiger partial charge in [-0.2, -0.15) is 0 Å². The zero-order valence-electron chi connectivity index (χ0n) is 9.19. The summed E-state index contributed by atoms with van der Waals surface area (Å²) in [6.45, 7) is 1.06. The molecule has 1 fully saturated rings. The van der Waals surface area contributed by atoms with Crippen molar-refractivity contribution in [1.82, 2.24) is 15.3 Å². The molecule has 3 heterocycles. The van der Waals surface area contributed by atoms with Crippen molar-refractivity contribution in [3.63, 3.8) is 0 Å². The maximum Gasteiger partial charge on any atom is 0.142 e. The summed E-state index contributed by atoms with van der Waals surface area (Å²) in [4.78, 5) is 8.60. The molecule has 5 heteroatoms. The molecule has 0 spiro atoms. The van der Waals surface area contributed by atoms with Crippen molar-refractivity contribution < 1.29 is 4.39 Å². The quantitative estimate of drug-likeness (QED) is 0.889. The van der Waals surface area contributed by atoms with E-state index in [4.69, 9.17) is 0 Å². The van der Waals surface area contributed by atoms with Crippen LogP contribution in [0, 0.1) is 5.82 Å². The van der Waals surface area contributed by atoms with Gasteiger partial charge < -0.3 is 5.32 Å². The molecule has 0 bridgehead atoms. The van der Waals surface area contributed by atoms with Crippen LogP contribution in [0.1, 0.15) is 24.6 Å². The van der Waals surface area contributed by atoms with Gasteiger partial charge in [0.2, 0.25) is 0 Å². The van der Waals surface area contributed by atoms with Gasteiger partial charge >= 0.3 is 0 Å². The van der Waals surface area contributed by atoms with E-state index in [0.29, 0.717) is 6.04 Å². The van der Waals surface area contributed by atoms with Crippen LogP contribution in [0.25, 0.3) is 10.7 Å². The number of rotatable bonds is 2. The molecule has 1 aliphatic heterocycles. The van der Waals surface area contributed by atoms with Gasteiger partial charge in [-0.1, -0.05) is 0 Å². The smallest absolute Gasteiger partial charge is 0.142 e. The van der Waals surface area contributed by atoms with Gasteiger partial charge in [0.15, 0.2) is 0 Å². The highest BCUT2D eigenvalue weighted by Gasteiger charge is 2.19. The van der Waals surface area contributed by atoms with Crippen molar-refractivity contribution in [2.75, 3.05) is 6.54 Å². The van der Waals surface area contributed by atoms with Crippen molar-refractivity contribution in [3.05, 3.63) is 35.2 Å². The Hall–Kier alpha value is -1.33. The maximum atomic E-state index is 12.8. The second-order valence-corrected chi connectivity index (χ2v) is 4.95. The lowest BCUT2D eigenvalue weighted by Gasteiger charge is -2.04. The first-order valence-electron chi connectivity index (χ1n) is 5.64. The second-order valence-electron chi connectivity index (χ2n) is 4.09. The van der Waals surface area contributed by atoms with E-state index in [9.17, 15) is 4.39 Å². The van der Waals surface area contributed by atoms with Crippen LogP contribution in [0.2, 0.25) is 0 Å². The third-order valence-corrected chi connectivity index (χ3v) is 3.77. The normalized spacial score (nSPS) is 19.7. The van der Waals surface area contributed by atoms with Crippen LogP contribution in [0.3, 0.4) is 0 Å². The molecule has 0 saturated carbocycles. The van der Waals surface area contributed by atoms with E-state index in [2.05, 4.69) is 20.7 Å². The third-order valence-electron chi connectivity index (χ3n) is 2.89. The Balaban J connectivity index is 1.86. The summed E-state index contributed by atoms with van der Waals surface area (Å²) in [5.74, 6) is -0.317. The number of nitrogens with one attached hydrogen (secondary N) is 1. The Morgan fingerprint density at radius 2 is 2.35 bits per heavy atom. The monoisotopic (exact) mass is 249 g/mol. The van der Waals surface area contributed by atoms with Crippen LogP contribution in [-0.4, -0.2) is 16.5 Å². The topological polar surface area (TPSA) is 37.8 Å². The molecule has 0 radical (unpaired) electrons. The molecule has 1 aliphatic rings. The third kappa shape index (κ3) is 2.21. The molecule has 1 atom stereocenters. The Kier molecular flexibility index (Phi) is 2.86. The summed E-state index contributed by atoms with van der Waals surface area (Å²) in [7, 11) is 0. The van der Waals surface area contributed by atoms with Crippen LogP contribution >= 0.6 is 11.3 Å². The Bertz CT molecular complexity index is 503. The molecule has 3 rings (SSSR count). The Morgan fingerprint density at radius 1 is 1.41 bits per heavy atom. The molecule has 3 nitrogen and oxygen atoms in total. The van der Waals surface area contributed by atoms with Crippen LogP contribution in [0.15, 0.2) is 23.7 Å². The molecule has 88 valence electrons. The lowest BCUT2D eigenvalue weighted by atomic mass is 10.2.